The first-order valence-electron chi connectivity index (χ1n) is 6.60. The van der Waals surface area contributed by atoms with Gasteiger partial charge in [-0.25, -0.2) is 0 Å². The molecular formula is C15H23NO2. The molecule has 1 aromatic rings. The zero-order chi connectivity index (χ0) is 13.5. The van der Waals surface area contributed by atoms with Gasteiger partial charge in [0.15, 0.2) is 0 Å². The van der Waals surface area contributed by atoms with E-state index in [9.17, 15) is 10.2 Å². The minimum Gasteiger partial charge on any atom is -0.508 e. The number of hydrogen-bond acceptors (Lipinski definition) is 3. The molecular weight excluding hydrogens is 226 g/mol. The lowest BCUT2D eigenvalue weighted by Crippen LogP contribution is -2.31. The van der Waals surface area contributed by atoms with Crippen molar-refractivity contribution in [3.8, 4) is 5.75 Å². The fourth-order valence-electron chi connectivity index (χ4n) is 2.83. The monoisotopic (exact) mass is 249 g/mol. The third kappa shape index (κ3) is 2.61. The van der Waals surface area contributed by atoms with Crippen LogP contribution in [0.2, 0.25) is 0 Å². The molecule has 3 heteroatoms. The van der Waals surface area contributed by atoms with Crippen molar-refractivity contribution in [1.29, 1.82) is 0 Å². The van der Waals surface area contributed by atoms with Gasteiger partial charge < -0.3 is 15.1 Å². The first-order valence-corrected chi connectivity index (χ1v) is 6.60. The second kappa shape index (κ2) is 4.47. The first kappa shape index (κ1) is 13.2. The van der Waals surface area contributed by atoms with E-state index in [0.717, 1.165) is 12.1 Å². The molecule has 2 rings (SSSR count). The van der Waals surface area contributed by atoms with Crippen LogP contribution in [0.25, 0.3) is 0 Å². The van der Waals surface area contributed by atoms with E-state index in [0.29, 0.717) is 18.2 Å². The van der Waals surface area contributed by atoms with E-state index >= 15 is 0 Å². The second-order valence-electron chi connectivity index (χ2n) is 6.20. The van der Waals surface area contributed by atoms with Crippen LogP contribution in [-0.4, -0.2) is 28.4 Å². The molecule has 0 fully saturated rings. The third-order valence-corrected chi connectivity index (χ3v) is 3.55. The molecule has 1 unspecified atom stereocenters. The summed E-state index contributed by atoms with van der Waals surface area (Å²) in [6.07, 6.45) is 0.715. The third-order valence-electron chi connectivity index (χ3n) is 3.55. The number of hydrogen-bond donors (Lipinski definition) is 2. The lowest BCUT2D eigenvalue weighted by molar-refractivity contribution is 0.0643. The molecule has 0 spiro atoms. The van der Waals surface area contributed by atoms with Crippen LogP contribution in [0, 0.1) is 0 Å². The Hall–Kier alpha value is -1.22. The van der Waals surface area contributed by atoms with Gasteiger partial charge in [-0.3, -0.25) is 0 Å². The molecule has 18 heavy (non-hydrogen) atoms. The zero-order valence-corrected chi connectivity index (χ0v) is 11.6. The molecule has 0 amide bonds. The smallest absolute Gasteiger partial charge is 0.116 e. The number of phenolic OH excluding ortho intramolecular Hbond substituents is 1. The highest BCUT2D eigenvalue weighted by Gasteiger charge is 2.33. The Kier molecular flexibility index (Phi) is 3.28. The van der Waals surface area contributed by atoms with Crippen molar-refractivity contribution in [3.05, 3.63) is 23.8 Å². The Morgan fingerprint density at radius 1 is 1.39 bits per heavy atom. The lowest BCUT2D eigenvalue weighted by atomic mass is 9.89. The van der Waals surface area contributed by atoms with E-state index < -0.39 is 5.60 Å². The normalized spacial score (nSPS) is 19.4. The molecule has 0 bridgehead atoms. The summed E-state index contributed by atoms with van der Waals surface area (Å²) in [7, 11) is 0. The van der Waals surface area contributed by atoms with Gasteiger partial charge in [-0.1, -0.05) is 0 Å². The van der Waals surface area contributed by atoms with Gasteiger partial charge in [0, 0.05) is 24.2 Å². The highest BCUT2D eigenvalue weighted by Crippen LogP contribution is 2.42. The topological polar surface area (TPSA) is 43.7 Å². The van der Waals surface area contributed by atoms with Crippen LogP contribution in [-0.2, 0) is 0 Å². The zero-order valence-electron chi connectivity index (χ0n) is 11.6. The molecule has 0 saturated carbocycles. The Bertz CT molecular complexity index is 435. The summed E-state index contributed by atoms with van der Waals surface area (Å²) in [4.78, 5) is 2.34. The highest BCUT2D eigenvalue weighted by molar-refractivity contribution is 5.62. The van der Waals surface area contributed by atoms with Gasteiger partial charge in [-0.2, -0.15) is 0 Å². The van der Waals surface area contributed by atoms with Crippen molar-refractivity contribution in [2.75, 3.05) is 11.4 Å². The number of benzene rings is 1. The van der Waals surface area contributed by atoms with Gasteiger partial charge in [0.2, 0.25) is 0 Å². The van der Waals surface area contributed by atoms with Crippen LogP contribution in [0.1, 0.15) is 45.6 Å². The summed E-state index contributed by atoms with van der Waals surface area (Å²) >= 11 is 0. The Morgan fingerprint density at radius 3 is 2.61 bits per heavy atom. The SMILES string of the molecule is CC(C)N1CC(CC(C)(C)O)c2cc(O)ccc21. The van der Waals surface area contributed by atoms with Gasteiger partial charge in [0.25, 0.3) is 0 Å². The summed E-state index contributed by atoms with van der Waals surface area (Å²) in [5, 5.41) is 19.7. The predicted molar refractivity (Wildman–Crippen MR) is 74.2 cm³/mol. The fourth-order valence-corrected chi connectivity index (χ4v) is 2.83. The van der Waals surface area contributed by atoms with Crippen molar-refractivity contribution >= 4 is 5.69 Å². The minimum absolute atomic E-state index is 0.287. The Morgan fingerprint density at radius 2 is 2.06 bits per heavy atom. The van der Waals surface area contributed by atoms with E-state index in [1.165, 1.54) is 5.69 Å². The van der Waals surface area contributed by atoms with E-state index in [1.807, 2.05) is 26.0 Å². The highest BCUT2D eigenvalue weighted by atomic mass is 16.3. The molecule has 0 saturated heterocycles. The minimum atomic E-state index is -0.680. The molecule has 1 aliphatic rings. The van der Waals surface area contributed by atoms with Crippen LogP contribution in [0.4, 0.5) is 5.69 Å². The van der Waals surface area contributed by atoms with Crippen LogP contribution < -0.4 is 4.90 Å². The number of aliphatic hydroxyl groups is 1. The van der Waals surface area contributed by atoms with Crippen molar-refractivity contribution < 1.29 is 10.2 Å². The number of rotatable bonds is 3. The molecule has 1 atom stereocenters. The lowest BCUT2D eigenvalue weighted by Gasteiger charge is -2.26. The van der Waals surface area contributed by atoms with E-state index in [2.05, 4.69) is 18.7 Å². The van der Waals surface area contributed by atoms with Crippen LogP contribution in [0.5, 0.6) is 5.75 Å². The molecule has 1 aromatic carbocycles. The van der Waals surface area contributed by atoms with Crippen LogP contribution in [0.15, 0.2) is 18.2 Å². The van der Waals surface area contributed by atoms with Crippen LogP contribution in [0.3, 0.4) is 0 Å². The summed E-state index contributed by atoms with van der Waals surface area (Å²) in [5.41, 5.74) is 1.67. The molecule has 1 aliphatic heterocycles. The number of aromatic hydroxyl groups is 1. The van der Waals surface area contributed by atoms with Crippen molar-refractivity contribution in [2.45, 2.75) is 51.7 Å². The largest absolute Gasteiger partial charge is 0.508 e. The van der Waals surface area contributed by atoms with Crippen molar-refractivity contribution in [1.82, 2.24) is 0 Å². The average Bonchev–Trinajstić information content (AvgIpc) is 2.54. The molecule has 1 heterocycles. The first-order chi connectivity index (χ1) is 8.28. The van der Waals surface area contributed by atoms with Gasteiger partial charge in [-0.05, 0) is 57.9 Å². The van der Waals surface area contributed by atoms with Gasteiger partial charge in [0.1, 0.15) is 5.75 Å². The summed E-state index contributed by atoms with van der Waals surface area (Å²) in [6.45, 7) is 8.94. The molecule has 100 valence electrons. The van der Waals surface area contributed by atoms with E-state index in [1.54, 1.807) is 6.07 Å². The maximum absolute atomic E-state index is 10.0. The van der Waals surface area contributed by atoms with Gasteiger partial charge in [-0.15, -0.1) is 0 Å². The molecule has 3 nitrogen and oxygen atoms in total. The molecule has 0 aromatic heterocycles. The Labute approximate surface area is 109 Å². The maximum atomic E-state index is 10.0. The Balaban J connectivity index is 2.35. The standard InChI is InChI=1S/C15H23NO2/c1-10(2)16-9-11(8-15(3,4)18)13-7-12(17)5-6-14(13)16/h5-7,10-11,17-18H,8-9H2,1-4H3. The number of nitrogens with zero attached hydrogens (tertiary/aromatic N) is 1. The van der Waals surface area contributed by atoms with Crippen molar-refractivity contribution in [3.63, 3.8) is 0 Å². The average molecular weight is 249 g/mol. The number of anilines is 1. The summed E-state index contributed by atoms with van der Waals surface area (Å²) in [6, 6.07) is 5.99. The second-order valence-corrected chi connectivity index (χ2v) is 6.20. The summed E-state index contributed by atoms with van der Waals surface area (Å²) < 4.78 is 0. The van der Waals surface area contributed by atoms with E-state index in [4.69, 9.17) is 0 Å². The molecule has 2 N–H and O–H groups in total. The van der Waals surface area contributed by atoms with Gasteiger partial charge >= 0.3 is 0 Å². The van der Waals surface area contributed by atoms with Gasteiger partial charge in [0.05, 0.1) is 5.60 Å². The number of fused-ring (bicyclic) bond motifs is 1. The summed E-state index contributed by atoms with van der Waals surface area (Å²) in [5.74, 6) is 0.592. The molecule has 0 radical (unpaired) electrons. The quantitative estimate of drug-likeness (QED) is 0.865. The van der Waals surface area contributed by atoms with Crippen LogP contribution >= 0.6 is 0 Å². The molecule has 0 aliphatic carbocycles. The number of phenols is 1. The van der Waals surface area contributed by atoms with Crippen molar-refractivity contribution in [2.24, 2.45) is 0 Å². The maximum Gasteiger partial charge on any atom is 0.116 e. The fraction of sp³-hybridized carbons (Fsp3) is 0.600. The predicted octanol–water partition coefficient (Wildman–Crippen LogP) is 2.87. The van der Waals surface area contributed by atoms with E-state index in [-0.39, 0.29) is 5.92 Å².